The van der Waals surface area contributed by atoms with Crippen LogP contribution in [0.1, 0.15) is 16.8 Å². The molecule has 1 aliphatic rings. The quantitative estimate of drug-likeness (QED) is 0.529. The summed E-state index contributed by atoms with van der Waals surface area (Å²) < 4.78 is 45.5. The van der Waals surface area contributed by atoms with Gasteiger partial charge in [-0.3, -0.25) is 9.78 Å². The van der Waals surface area contributed by atoms with E-state index < -0.39 is 18.0 Å². The minimum absolute atomic E-state index is 0.0300. The molecule has 3 aromatic rings. The molecule has 1 amide bonds. The van der Waals surface area contributed by atoms with Crippen LogP contribution in [0.3, 0.4) is 0 Å². The number of rotatable bonds is 3. The number of alkyl halides is 3. The van der Waals surface area contributed by atoms with Crippen molar-refractivity contribution in [2.75, 3.05) is 18.0 Å². The number of aliphatic carboxylic acids is 1. The van der Waals surface area contributed by atoms with Gasteiger partial charge in [0, 0.05) is 41.4 Å². The number of anilines is 1. The second kappa shape index (κ2) is 10.0. The van der Waals surface area contributed by atoms with Crippen LogP contribution in [0, 0.1) is 5.82 Å². The molecular weight excluding hydrogens is 466 g/mol. The number of carbonyl (C=O) groups is 2. The highest BCUT2D eigenvalue weighted by molar-refractivity contribution is 6.31. The third-order valence-corrected chi connectivity index (χ3v) is 5.14. The van der Waals surface area contributed by atoms with Crippen LogP contribution in [0.4, 0.5) is 23.2 Å². The highest BCUT2D eigenvalue weighted by atomic mass is 35.5. The van der Waals surface area contributed by atoms with E-state index in [4.69, 9.17) is 21.5 Å². The molecule has 1 atom stereocenters. The molecule has 4 rings (SSSR count). The lowest BCUT2D eigenvalue weighted by molar-refractivity contribution is -0.192. The molecule has 0 radical (unpaired) electrons. The van der Waals surface area contributed by atoms with Gasteiger partial charge in [-0.25, -0.2) is 9.18 Å². The van der Waals surface area contributed by atoms with Crippen molar-refractivity contribution in [3.63, 3.8) is 0 Å². The van der Waals surface area contributed by atoms with E-state index in [-0.39, 0.29) is 17.5 Å². The van der Waals surface area contributed by atoms with Gasteiger partial charge >= 0.3 is 12.1 Å². The van der Waals surface area contributed by atoms with E-state index >= 15 is 0 Å². The smallest absolute Gasteiger partial charge is 0.475 e. The third kappa shape index (κ3) is 6.10. The van der Waals surface area contributed by atoms with Crippen molar-refractivity contribution in [2.45, 2.75) is 18.6 Å². The van der Waals surface area contributed by atoms with Crippen molar-refractivity contribution in [3.8, 4) is 0 Å². The summed E-state index contributed by atoms with van der Waals surface area (Å²) >= 11 is 6.05. The number of aromatic nitrogens is 1. The van der Waals surface area contributed by atoms with E-state index in [2.05, 4.69) is 15.2 Å². The molecule has 2 aromatic carbocycles. The van der Waals surface area contributed by atoms with Crippen molar-refractivity contribution in [1.29, 1.82) is 0 Å². The van der Waals surface area contributed by atoms with Gasteiger partial charge in [-0.1, -0.05) is 23.7 Å². The fourth-order valence-corrected chi connectivity index (χ4v) is 3.55. The lowest BCUT2D eigenvalue weighted by Crippen LogP contribution is -2.37. The van der Waals surface area contributed by atoms with Crippen LogP contribution in [-0.4, -0.2) is 47.3 Å². The number of pyridine rings is 1. The number of carboxylic acid groups (broad SMARTS) is 1. The molecule has 6 nitrogen and oxygen atoms in total. The largest absolute Gasteiger partial charge is 0.490 e. The second-order valence-electron chi connectivity index (χ2n) is 7.18. The predicted octanol–water partition coefficient (Wildman–Crippen LogP) is 4.67. The van der Waals surface area contributed by atoms with Gasteiger partial charge in [0.25, 0.3) is 5.91 Å². The van der Waals surface area contributed by atoms with E-state index in [1.54, 1.807) is 18.3 Å². The zero-order valence-electron chi connectivity index (χ0n) is 16.9. The summed E-state index contributed by atoms with van der Waals surface area (Å²) in [5, 5.41) is 11.7. The van der Waals surface area contributed by atoms with Crippen LogP contribution in [0.15, 0.2) is 54.7 Å². The Hall–Kier alpha value is -3.40. The molecule has 1 saturated heterocycles. The molecule has 33 heavy (non-hydrogen) atoms. The third-order valence-electron chi connectivity index (χ3n) is 4.91. The normalized spacial score (nSPS) is 15.7. The Bertz CT molecular complexity index is 1170. The number of halogens is 5. The molecular formula is C22H18ClF4N3O3. The van der Waals surface area contributed by atoms with Crippen molar-refractivity contribution in [1.82, 2.24) is 10.3 Å². The average Bonchev–Trinajstić information content (AvgIpc) is 3.21. The molecule has 1 aromatic heterocycles. The lowest BCUT2D eigenvalue weighted by Gasteiger charge is -2.21. The van der Waals surface area contributed by atoms with Crippen molar-refractivity contribution < 1.29 is 32.3 Å². The molecule has 0 aliphatic carbocycles. The van der Waals surface area contributed by atoms with Gasteiger partial charge in [0.15, 0.2) is 0 Å². The zero-order valence-corrected chi connectivity index (χ0v) is 17.7. The molecule has 174 valence electrons. The van der Waals surface area contributed by atoms with Gasteiger partial charge in [-0.15, -0.1) is 0 Å². The predicted molar refractivity (Wildman–Crippen MR) is 115 cm³/mol. The lowest BCUT2D eigenvalue weighted by atomic mass is 10.1. The monoisotopic (exact) mass is 483 g/mol. The van der Waals surface area contributed by atoms with E-state index in [1.165, 1.54) is 12.1 Å². The van der Waals surface area contributed by atoms with Gasteiger partial charge in [0.2, 0.25) is 0 Å². The Balaban J connectivity index is 0.000000383. The van der Waals surface area contributed by atoms with Crippen molar-refractivity contribution >= 4 is 40.1 Å². The first-order valence-electron chi connectivity index (χ1n) is 9.71. The number of amides is 1. The van der Waals surface area contributed by atoms with E-state index in [9.17, 15) is 22.4 Å². The van der Waals surface area contributed by atoms with Gasteiger partial charge in [0.05, 0.1) is 11.1 Å². The minimum atomic E-state index is -5.08. The molecule has 11 heteroatoms. The number of hydrogen-bond donors (Lipinski definition) is 2. The van der Waals surface area contributed by atoms with Gasteiger partial charge in [-0.05, 0) is 42.8 Å². The van der Waals surface area contributed by atoms with E-state index in [0.29, 0.717) is 11.6 Å². The van der Waals surface area contributed by atoms with Crippen LogP contribution < -0.4 is 10.2 Å². The number of carbonyl (C=O) groups excluding carboxylic acids is 1. The average molecular weight is 484 g/mol. The molecule has 2 heterocycles. The molecule has 1 unspecified atom stereocenters. The number of nitrogens with zero attached hydrogens (tertiary/aromatic N) is 2. The van der Waals surface area contributed by atoms with Crippen LogP contribution in [0.2, 0.25) is 5.02 Å². The van der Waals surface area contributed by atoms with Crippen LogP contribution >= 0.6 is 11.6 Å². The molecule has 1 aliphatic heterocycles. The number of hydrogen-bond acceptors (Lipinski definition) is 4. The second-order valence-corrected chi connectivity index (χ2v) is 7.62. The number of carboxylic acids is 1. The number of nitrogens with one attached hydrogen (secondary N) is 1. The summed E-state index contributed by atoms with van der Waals surface area (Å²) in [6.45, 7) is 1.48. The molecule has 0 spiro atoms. The Morgan fingerprint density at radius 2 is 1.85 bits per heavy atom. The first-order valence-corrected chi connectivity index (χ1v) is 10.1. The summed E-state index contributed by atoms with van der Waals surface area (Å²) in [5.74, 6) is -3.63. The van der Waals surface area contributed by atoms with Crippen LogP contribution in [0.25, 0.3) is 10.9 Å². The fourth-order valence-electron chi connectivity index (χ4n) is 3.39. The van der Waals surface area contributed by atoms with Gasteiger partial charge < -0.3 is 15.3 Å². The highest BCUT2D eigenvalue weighted by Crippen LogP contribution is 2.29. The molecule has 0 bridgehead atoms. The molecule has 2 N–H and O–H groups in total. The summed E-state index contributed by atoms with van der Waals surface area (Å²) in [5.41, 5.74) is 1.98. The van der Waals surface area contributed by atoms with Crippen LogP contribution in [-0.2, 0) is 4.79 Å². The summed E-state index contributed by atoms with van der Waals surface area (Å²) in [7, 11) is 0. The first-order chi connectivity index (χ1) is 15.6. The Labute approximate surface area is 190 Å². The molecule has 0 saturated carbocycles. The SMILES string of the molecule is O=C(NC1CCN(c2ccnc3cc(Cl)ccc23)C1)c1ccccc1F.O=C(O)C(F)(F)F. The summed E-state index contributed by atoms with van der Waals surface area (Å²) in [6, 6.07) is 13.6. The van der Waals surface area contributed by atoms with E-state index in [0.717, 1.165) is 29.6 Å². The van der Waals surface area contributed by atoms with Crippen LogP contribution in [0.5, 0.6) is 0 Å². The van der Waals surface area contributed by atoms with Crippen molar-refractivity contribution in [3.05, 3.63) is 71.1 Å². The maximum absolute atomic E-state index is 13.8. The number of fused-ring (bicyclic) bond motifs is 1. The Morgan fingerprint density at radius 3 is 2.52 bits per heavy atom. The van der Waals surface area contributed by atoms with Gasteiger partial charge in [0.1, 0.15) is 5.82 Å². The number of benzene rings is 2. The zero-order chi connectivity index (χ0) is 24.2. The Kier molecular flexibility index (Phi) is 7.37. The topological polar surface area (TPSA) is 82.5 Å². The Morgan fingerprint density at radius 1 is 1.15 bits per heavy atom. The highest BCUT2D eigenvalue weighted by Gasteiger charge is 2.38. The van der Waals surface area contributed by atoms with Gasteiger partial charge in [-0.2, -0.15) is 13.2 Å². The summed E-state index contributed by atoms with van der Waals surface area (Å²) in [6.07, 6.45) is -2.52. The first kappa shape index (κ1) is 24.2. The minimum Gasteiger partial charge on any atom is -0.475 e. The van der Waals surface area contributed by atoms with Crippen molar-refractivity contribution in [2.24, 2.45) is 0 Å². The maximum atomic E-state index is 13.8. The summed E-state index contributed by atoms with van der Waals surface area (Å²) in [4.78, 5) is 27.8. The fraction of sp³-hybridized carbons (Fsp3) is 0.227. The standard InChI is InChI=1S/C20H17ClFN3O.C2HF3O2/c21-13-5-6-16-18(11-13)23-9-7-19(16)25-10-8-14(12-25)24-20(26)15-3-1-2-4-17(15)22;3-2(4,5)1(6)7/h1-7,9,11,14H,8,10,12H2,(H,24,26);(H,6,7). The maximum Gasteiger partial charge on any atom is 0.490 e. The van der Waals surface area contributed by atoms with E-state index in [1.807, 2.05) is 24.3 Å². The molecule has 1 fully saturated rings.